The standard InChI is InChI=1S/C17H25N3O3S/c1-4-15-12(3)14-9-11(2)8-13(17(14)20-15)10-19-16(21)6-5-7-24(18,22)23/h8-9,20H,4-7,10H2,1-3H3,(H,19,21)(H2,18,22,23). The number of fused-ring (bicyclic) bond motifs is 1. The minimum atomic E-state index is -3.51. The molecule has 0 bridgehead atoms. The topological polar surface area (TPSA) is 105 Å². The molecule has 2 aromatic rings. The van der Waals surface area contributed by atoms with Gasteiger partial charge in [0, 0.05) is 24.0 Å². The van der Waals surface area contributed by atoms with Gasteiger partial charge >= 0.3 is 0 Å². The van der Waals surface area contributed by atoms with Gasteiger partial charge in [-0.1, -0.05) is 18.6 Å². The monoisotopic (exact) mass is 351 g/mol. The summed E-state index contributed by atoms with van der Waals surface area (Å²) in [5.74, 6) is -0.350. The minimum absolute atomic E-state index is 0.148. The van der Waals surface area contributed by atoms with Crippen molar-refractivity contribution in [1.82, 2.24) is 10.3 Å². The van der Waals surface area contributed by atoms with Crippen molar-refractivity contribution in [1.29, 1.82) is 0 Å². The predicted octanol–water partition coefficient (Wildman–Crippen LogP) is 2.03. The molecule has 6 nitrogen and oxygen atoms in total. The maximum atomic E-state index is 11.9. The molecule has 2 rings (SSSR count). The zero-order valence-corrected chi connectivity index (χ0v) is 15.2. The van der Waals surface area contributed by atoms with Crippen molar-refractivity contribution >= 4 is 26.8 Å². The van der Waals surface area contributed by atoms with Crippen molar-refractivity contribution < 1.29 is 13.2 Å². The molecule has 0 saturated carbocycles. The van der Waals surface area contributed by atoms with Crippen molar-refractivity contribution in [3.05, 3.63) is 34.5 Å². The van der Waals surface area contributed by atoms with Gasteiger partial charge in [0.1, 0.15) is 0 Å². The highest BCUT2D eigenvalue weighted by Gasteiger charge is 2.12. The molecule has 0 saturated heterocycles. The summed E-state index contributed by atoms with van der Waals surface area (Å²) in [6.07, 6.45) is 1.31. The lowest BCUT2D eigenvalue weighted by Crippen LogP contribution is -2.24. The Labute approximate surface area is 142 Å². The predicted molar refractivity (Wildman–Crippen MR) is 96.2 cm³/mol. The van der Waals surface area contributed by atoms with E-state index in [1.807, 2.05) is 6.92 Å². The largest absolute Gasteiger partial charge is 0.358 e. The summed E-state index contributed by atoms with van der Waals surface area (Å²) in [6.45, 7) is 6.66. The molecule has 24 heavy (non-hydrogen) atoms. The molecule has 0 aliphatic rings. The number of carbonyl (C=O) groups is 1. The molecule has 1 aromatic carbocycles. The number of hydrogen-bond donors (Lipinski definition) is 3. The highest BCUT2D eigenvalue weighted by molar-refractivity contribution is 7.89. The molecule has 7 heteroatoms. The van der Waals surface area contributed by atoms with Gasteiger partial charge < -0.3 is 10.3 Å². The van der Waals surface area contributed by atoms with Gasteiger partial charge in [0.2, 0.25) is 15.9 Å². The molecular weight excluding hydrogens is 326 g/mol. The average Bonchev–Trinajstić information content (AvgIpc) is 2.80. The maximum absolute atomic E-state index is 11.9. The average molecular weight is 351 g/mol. The van der Waals surface area contributed by atoms with Crippen LogP contribution in [0.1, 0.15) is 42.1 Å². The number of amides is 1. The number of aromatic amines is 1. The van der Waals surface area contributed by atoms with E-state index < -0.39 is 10.0 Å². The van der Waals surface area contributed by atoms with E-state index in [1.165, 1.54) is 16.6 Å². The van der Waals surface area contributed by atoms with Crippen LogP contribution in [0.2, 0.25) is 0 Å². The molecule has 132 valence electrons. The van der Waals surface area contributed by atoms with Crippen molar-refractivity contribution in [3.8, 4) is 0 Å². The van der Waals surface area contributed by atoms with Crippen molar-refractivity contribution in [2.45, 2.75) is 46.6 Å². The molecule has 0 spiro atoms. The lowest BCUT2D eigenvalue weighted by Gasteiger charge is -2.08. The molecule has 1 amide bonds. The molecule has 0 unspecified atom stereocenters. The third kappa shape index (κ3) is 4.58. The minimum Gasteiger partial charge on any atom is -0.358 e. The number of nitrogens with one attached hydrogen (secondary N) is 2. The van der Waals surface area contributed by atoms with Crippen molar-refractivity contribution in [3.63, 3.8) is 0 Å². The van der Waals surface area contributed by atoms with Crippen LogP contribution in [0.4, 0.5) is 0 Å². The van der Waals surface area contributed by atoms with Gasteiger partial charge in [-0.25, -0.2) is 13.6 Å². The van der Waals surface area contributed by atoms with E-state index in [1.54, 1.807) is 0 Å². The van der Waals surface area contributed by atoms with E-state index in [0.717, 1.165) is 23.1 Å². The molecule has 0 radical (unpaired) electrons. The van der Waals surface area contributed by atoms with E-state index >= 15 is 0 Å². The number of nitrogens with two attached hydrogens (primary N) is 1. The number of aromatic nitrogens is 1. The quantitative estimate of drug-likeness (QED) is 0.711. The normalized spacial score (nSPS) is 11.8. The Hall–Kier alpha value is -1.86. The zero-order valence-electron chi connectivity index (χ0n) is 14.4. The lowest BCUT2D eigenvalue weighted by atomic mass is 10.0. The fourth-order valence-corrected chi connectivity index (χ4v) is 3.47. The fourth-order valence-electron chi connectivity index (χ4n) is 2.92. The SMILES string of the molecule is CCc1[nH]c2c(CNC(=O)CCCS(N)(=O)=O)cc(C)cc2c1C. The van der Waals surface area contributed by atoms with Crippen LogP contribution < -0.4 is 10.5 Å². The number of H-pyrrole nitrogens is 1. The molecule has 4 N–H and O–H groups in total. The Morgan fingerprint density at radius 1 is 1.29 bits per heavy atom. The molecule has 0 fully saturated rings. The molecule has 0 aliphatic heterocycles. The van der Waals surface area contributed by atoms with Crippen LogP contribution in [-0.4, -0.2) is 25.1 Å². The van der Waals surface area contributed by atoms with E-state index in [2.05, 4.69) is 36.3 Å². The van der Waals surface area contributed by atoms with Gasteiger partial charge in [-0.3, -0.25) is 4.79 Å². The van der Waals surface area contributed by atoms with Crippen LogP contribution >= 0.6 is 0 Å². The molecule has 0 atom stereocenters. The first kappa shape index (κ1) is 18.5. The number of sulfonamides is 1. The van der Waals surface area contributed by atoms with Crippen LogP contribution in [0.25, 0.3) is 10.9 Å². The van der Waals surface area contributed by atoms with Crippen molar-refractivity contribution in [2.75, 3.05) is 5.75 Å². The number of benzene rings is 1. The summed E-state index contributed by atoms with van der Waals surface area (Å²) in [5, 5.41) is 8.97. The Bertz CT molecular complexity index is 854. The summed E-state index contributed by atoms with van der Waals surface area (Å²) in [4.78, 5) is 15.3. The number of hydrogen-bond acceptors (Lipinski definition) is 3. The van der Waals surface area contributed by atoms with Gasteiger partial charge in [0.15, 0.2) is 0 Å². The number of rotatable bonds is 7. The van der Waals surface area contributed by atoms with E-state index in [-0.39, 0.29) is 24.5 Å². The third-order valence-corrected chi connectivity index (χ3v) is 5.02. The first-order chi connectivity index (χ1) is 11.2. The van der Waals surface area contributed by atoms with Crippen molar-refractivity contribution in [2.24, 2.45) is 5.14 Å². The Morgan fingerprint density at radius 2 is 2.00 bits per heavy atom. The zero-order chi connectivity index (χ0) is 17.9. The Morgan fingerprint density at radius 3 is 2.62 bits per heavy atom. The summed E-state index contributed by atoms with van der Waals surface area (Å²) < 4.78 is 21.8. The van der Waals surface area contributed by atoms with Crippen LogP contribution in [0.5, 0.6) is 0 Å². The maximum Gasteiger partial charge on any atom is 0.220 e. The summed E-state index contributed by atoms with van der Waals surface area (Å²) in [7, 11) is -3.51. The van der Waals surface area contributed by atoms with Gasteiger partial charge in [-0.05, 0) is 43.9 Å². The number of primary sulfonamides is 1. The van der Waals surface area contributed by atoms with Crippen LogP contribution in [0, 0.1) is 13.8 Å². The summed E-state index contributed by atoms with van der Waals surface area (Å²) in [5.41, 5.74) is 5.69. The Balaban J connectivity index is 2.08. The second kappa shape index (κ2) is 7.36. The fraction of sp³-hybridized carbons (Fsp3) is 0.471. The van der Waals surface area contributed by atoms with Crippen LogP contribution in [0.15, 0.2) is 12.1 Å². The van der Waals surface area contributed by atoms with E-state index in [9.17, 15) is 13.2 Å². The summed E-state index contributed by atoms with van der Waals surface area (Å²) >= 11 is 0. The Kier molecular flexibility index (Phi) is 5.66. The van der Waals surface area contributed by atoms with Crippen LogP contribution in [0.3, 0.4) is 0 Å². The highest BCUT2D eigenvalue weighted by atomic mass is 32.2. The second-order valence-corrected chi connectivity index (χ2v) is 7.91. The van der Waals surface area contributed by atoms with Gasteiger partial charge in [0.05, 0.1) is 11.3 Å². The first-order valence-corrected chi connectivity index (χ1v) is 9.80. The molecule has 1 aromatic heterocycles. The molecule has 1 heterocycles. The number of aryl methyl sites for hydroxylation is 3. The summed E-state index contributed by atoms with van der Waals surface area (Å²) in [6, 6.07) is 4.21. The van der Waals surface area contributed by atoms with Gasteiger partial charge in [0.25, 0.3) is 0 Å². The molecule has 0 aliphatic carbocycles. The molecular formula is C17H25N3O3S. The van der Waals surface area contributed by atoms with Crippen LogP contribution in [-0.2, 0) is 27.8 Å². The van der Waals surface area contributed by atoms with E-state index in [0.29, 0.717) is 6.54 Å². The number of carbonyl (C=O) groups excluding carboxylic acids is 1. The highest BCUT2D eigenvalue weighted by Crippen LogP contribution is 2.26. The first-order valence-electron chi connectivity index (χ1n) is 8.09. The van der Waals surface area contributed by atoms with Gasteiger partial charge in [-0.15, -0.1) is 0 Å². The van der Waals surface area contributed by atoms with E-state index in [4.69, 9.17) is 5.14 Å². The lowest BCUT2D eigenvalue weighted by molar-refractivity contribution is -0.121. The smallest absolute Gasteiger partial charge is 0.220 e. The third-order valence-electron chi connectivity index (χ3n) is 4.16. The second-order valence-electron chi connectivity index (χ2n) is 6.18. The van der Waals surface area contributed by atoms with Gasteiger partial charge in [-0.2, -0.15) is 0 Å².